The number of aromatic nitrogens is 3. The zero-order valence-corrected chi connectivity index (χ0v) is 22.7. The van der Waals surface area contributed by atoms with Crippen molar-refractivity contribution in [1.29, 1.82) is 0 Å². The number of benzene rings is 2. The van der Waals surface area contributed by atoms with Crippen molar-refractivity contribution in [3.05, 3.63) is 70.3 Å². The van der Waals surface area contributed by atoms with Gasteiger partial charge in [0.2, 0.25) is 0 Å². The van der Waals surface area contributed by atoms with Crippen LogP contribution < -0.4 is 4.74 Å². The molecule has 39 heavy (non-hydrogen) atoms. The van der Waals surface area contributed by atoms with E-state index < -0.39 is 18.1 Å². The minimum atomic E-state index is -4.72. The Morgan fingerprint density at radius 3 is 2.38 bits per heavy atom. The van der Waals surface area contributed by atoms with Gasteiger partial charge in [-0.25, -0.2) is 4.79 Å². The second-order valence-corrected chi connectivity index (χ2v) is 11.5. The SMILES string of the molecule is CC(C)(C)OC(=O)N1Cc2cc(Cl)ccc2-n2c(nnc2[C@H]2CC[C@H](c3cccc(OC(F)(F)F)c3)CC2)C1. The molecule has 2 aromatic carbocycles. The van der Waals surface area contributed by atoms with Crippen LogP contribution in [0.3, 0.4) is 0 Å². The normalized spacial score (nSPS) is 19.6. The van der Waals surface area contributed by atoms with Gasteiger partial charge < -0.3 is 9.47 Å². The molecule has 3 aromatic rings. The van der Waals surface area contributed by atoms with E-state index in [1.54, 1.807) is 11.0 Å². The lowest BCUT2D eigenvalue weighted by Gasteiger charge is -2.29. The van der Waals surface area contributed by atoms with Crippen LogP contribution in [-0.2, 0) is 17.8 Å². The molecule has 1 amide bonds. The molecule has 0 atom stereocenters. The van der Waals surface area contributed by atoms with Crippen molar-refractivity contribution < 1.29 is 27.4 Å². The Balaban J connectivity index is 1.38. The second kappa shape index (κ2) is 10.4. The van der Waals surface area contributed by atoms with Crippen LogP contribution in [0, 0.1) is 0 Å². The molecule has 1 aliphatic heterocycles. The van der Waals surface area contributed by atoms with Crippen LogP contribution in [0.25, 0.3) is 5.69 Å². The van der Waals surface area contributed by atoms with E-state index in [1.165, 1.54) is 12.1 Å². The number of ether oxygens (including phenoxy) is 2. The molecule has 208 valence electrons. The second-order valence-electron chi connectivity index (χ2n) is 11.1. The van der Waals surface area contributed by atoms with Crippen molar-refractivity contribution in [3.8, 4) is 11.4 Å². The zero-order chi connectivity index (χ0) is 27.9. The van der Waals surface area contributed by atoms with E-state index in [2.05, 4.69) is 14.9 Å². The van der Waals surface area contributed by atoms with Gasteiger partial charge in [0.05, 0.1) is 18.8 Å². The quantitative estimate of drug-likeness (QED) is 0.330. The summed E-state index contributed by atoms with van der Waals surface area (Å²) < 4.78 is 49.8. The van der Waals surface area contributed by atoms with Gasteiger partial charge in [-0.05, 0) is 93.8 Å². The number of amides is 1. The van der Waals surface area contributed by atoms with Crippen molar-refractivity contribution in [3.63, 3.8) is 0 Å². The smallest absolute Gasteiger partial charge is 0.444 e. The number of rotatable bonds is 3. The van der Waals surface area contributed by atoms with Gasteiger partial charge in [-0.1, -0.05) is 23.7 Å². The first-order valence-corrected chi connectivity index (χ1v) is 13.3. The van der Waals surface area contributed by atoms with Gasteiger partial charge in [-0.15, -0.1) is 23.4 Å². The molecule has 11 heteroatoms. The molecule has 0 bridgehead atoms. The summed E-state index contributed by atoms with van der Waals surface area (Å²) in [6.07, 6.45) is -1.98. The van der Waals surface area contributed by atoms with E-state index in [4.69, 9.17) is 16.3 Å². The molecule has 2 heterocycles. The van der Waals surface area contributed by atoms with Crippen LogP contribution in [-0.4, -0.2) is 37.7 Å². The number of carbonyl (C=O) groups is 1. The molecule has 1 fully saturated rings. The van der Waals surface area contributed by atoms with Gasteiger partial charge in [-0.3, -0.25) is 9.47 Å². The number of carbonyl (C=O) groups excluding carboxylic acids is 1. The minimum absolute atomic E-state index is 0.105. The van der Waals surface area contributed by atoms with Crippen LogP contribution in [0.1, 0.15) is 81.1 Å². The van der Waals surface area contributed by atoms with Crippen LogP contribution in [0.15, 0.2) is 42.5 Å². The molecule has 0 saturated heterocycles. The van der Waals surface area contributed by atoms with Crippen molar-refractivity contribution in [2.24, 2.45) is 0 Å². The summed E-state index contributed by atoms with van der Waals surface area (Å²) in [5, 5.41) is 9.60. The largest absolute Gasteiger partial charge is 0.573 e. The van der Waals surface area contributed by atoms with Crippen molar-refractivity contribution in [1.82, 2.24) is 19.7 Å². The fraction of sp³-hybridized carbons (Fsp3) is 0.464. The van der Waals surface area contributed by atoms with Crippen molar-refractivity contribution in [2.75, 3.05) is 0 Å². The number of nitrogens with zero attached hydrogens (tertiary/aromatic N) is 4. The average molecular weight is 563 g/mol. The molecule has 1 saturated carbocycles. The summed E-state index contributed by atoms with van der Waals surface area (Å²) in [5.74, 6) is 1.48. The molecule has 2 aliphatic rings. The van der Waals surface area contributed by atoms with E-state index >= 15 is 0 Å². The standard InChI is InChI=1S/C28H30ClF3N4O3/c1-27(2,3)39-26(37)35-15-20-13-21(29)11-12-23(20)36-24(16-35)33-34-25(36)18-9-7-17(8-10-18)19-5-4-6-22(14-19)38-28(30,31)32/h4-6,11-14,17-18H,7-10,15-16H2,1-3H3/t17-,18-. The Hall–Kier alpha value is -3.27. The fourth-order valence-electron chi connectivity index (χ4n) is 5.40. The van der Waals surface area contributed by atoms with Gasteiger partial charge in [0.15, 0.2) is 5.82 Å². The molecule has 1 aromatic heterocycles. The lowest BCUT2D eigenvalue weighted by atomic mass is 9.78. The number of fused-ring (bicyclic) bond motifs is 3. The number of hydrogen-bond acceptors (Lipinski definition) is 5. The van der Waals surface area contributed by atoms with Gasteiger partial charge in [0.1, 0.15) is 17.2 Å². The molecule has 1 aliphatic carbocycles. The van der Waals surface area contributed by atoms with Gasteiger partial charge in [-0.2, -0.15) is 0 Å². The van der Waals surface area contributed by atoms with Crippen LogP contribution >= 0.6 is 11.6 Å². The Bertz CT molecular complexity index is 1360. The highest BCUT2D eigenvalue weighted by Gasteiger charge is 2.34. The average Bonchev–Trinajstić information content (AvgIpc) is 3.18. The highest BCUT2D eigenvalue weighted by atomic mass is 35.5. The van der Waals surface area contributed by atoms with Crippen LogP contribution in [0.4, 0.5) is 18.0 Å². The Morgan fingerprint density at radius 2 is 1.69 bits per heavy atom. The lowest BCUT2D eigenvalue weighted by Crippen LogP contribution is -2.35. The third-order valence-corrected chi connectivity index (χ3v) is 7.27. The van der Waals surface area contributed by atoms with Gasteiger partial charge in [0.25, 0.3) is 0 Å². The summed E-state index contributed by atoms with van der Waals surface area (Å²) in [7, 11) is 0. The predicted octanol–water partition coefficient (Wildman–Crippen LogP) is 7.51. The maximum Gasteiger partial charge on any atom is 0.573 e. The molecule has 7 nitrogen and oxygen atoms in total. The van der Waals surface area contributed by atoms with E-state index in [1.807, 2.05) is 49.6 Å². The van der Waals surface area contributed by atoms with E-state index in [9.17, 15) is 18.0 Å². The van der Waals surface area contributed by atoms with Crippen LogP contribution in [0.2, 0.25) is 5.02 Å². The lowest BCUT2D eigenvalue weighted by molar-refractivity contribution is -0.274. The van der Waals surface area contributed by atoms with Crippen molar-refractivity contribution >= 4 is 17.7 Å². The highest BCUT2D eigenvalue weighted by molar-refractivity contribution is 6.30. The van der Waals surface area contributed by atoms with Gasteiger partial charge in [0, 0.05) is 10.9 Å². The maximum atomic E-state index is 13.0. The first-order chi connectivity index (χ1) is 18.4. The summed E-state index contributed by atoms with van der Waals surface area (Å²) in [6.45, 7) is 6.02. The molecule has 0 unspecified atom stereocenters. The van der Waals surface area contributed by atoms with E-state index in [0.717, 1.165) is 48.3 Å². The molecular formula is C28H30ClF3N4O3. The molecule has 5 rings (SSSR count). The molecule has 0 spiro atoms. The maximum absolute atomic E-state index is 13.0. The number of alkyl halides is 3. The predicted molar refractivity (Wildman–Crippen MR) is 139 cm³/mol. The molecule has 0 radical (unpaired) electrons. The third kappa shape index (κ3) is 6.32. The zero-order valence-electron chi connectivity index (χ0n) is 22.0. The monoisotopic (exact) mass is 562 g/mol. The molecular weight excluding hydrogens is 533 g/mol. The summed E-state index contributed by atoms with van der Waals surface area (Å²) in [4.78, 5) is 14.6. The molecule has 0 N–H and O–H groups in total. The first-order valence-electron chi connectivity index (χ1n) is 12.9. The van der Waals surface area contributed by atoms with Gasteiger partial charge >= 0.3 is 12.5 Å². The third-order valence-electron chi connectivity index (χ3n) is 7.04. The Kier molecular flexibility index (Phi) is 7.26. The van der Waals surface area contributed by atoms with Crippen molar-refractivity contribution in [2.45, 2.75) is 83.3 Å². The Labute approximate surface area is 229 Å². The summed E-state index contributed by atoms with van der Waals surface area (Å²) in [6, 6.07) is 11.8. The topological polar surface area (TPSA) is 69.5 Å². The summed E-state index contributed by atoms with van der Waals surface area (Å²) in [5.41, 5.74) is 1.93. The number of hydrogen-bond donors (Lipinski definition) is 0. The van der Waals surface area contributed by atoms with E-state index in [0.29, 0.717) is 17.4 Å². The fourth-order valence-corrected chi connectivity index (χ4v) is 5.59. The first kappa shape index (κ1) is 27.3. The van der Waals surface area contributed by atoms with Crippen LogP contribution in [0.5, 0.6) is 5.75 Å². The highest BCUT2D eigenvalue weighted by Crippen LogP contribution is 2.42. The van der Waals surface area contributed by atoms with E-state index in [-0.39, 0.29) is 24.1 Å². The Morgan fingerprint density at radius 1 is 0.974 bits per heavy atom. The minimum Gasteiger partial charge on any atom is -0.444 e. The number of halogens is 4. The summed E-state index contributed by atoms with van der Waals surface area (Å²) >= 11 is 6.33.